The zero-order chi connectivity index (χ0) is 14.0. The number of benzene rings is 2. The molecule has 0 heterocycles. The largest absolute Gasteiger partial charge is 0.497 e. The molecule has 0 fully saturated rings. The Morgan fingerprint density at radius 2 is 1.63 bits per heavy atom. The molecular formula is C14H12Br2ClNO. The second kappa shape index (κ2) is 6.27. The van der Waals surface area contributed by atoms with Crippen molar-refractivity contribution in [3.63, 3.8) is 0 Å². The van der Waals surface area contributed by atoms with Gasteiger partial charge in [-0.1, -0.05) is 55.6 Å². The monoisotopic (exact) mass is 403 g/mol. The molecule has 5 heteroatoms. The summed E-state index contributed by atoms with van der Waals surface area (Å²) in [5.74, 6) is 0.790. The first-order chi connectivity index (χ1) is 9.02. The van der Waals surface area contributed by atoms with Crippen molar-refractivity contribution in [1.82, 2.24) is 0 Å². The molecular weight excluding hydrogens is 393 g/mol. The Morgan fingerprint density at radius 3 is 2.16 bits per heavy atom. The highest BCUT2D eigenvalue weighted by atomic mass is 79.9. The summed E-state index contributed by atoms with van der Waals surface area (Å²) in [7, 11) is 1.64. The fourth-order valence-electron chi connectivity index (χ4n) is 1.81. The molecule has 2 N–H and O–H groups in total. The smallest absolute Gasteiger partial charge is 0.120 e. The molecule has 0 saturated heterocycles. The van der Waals surface area contributed by atoms with Crippen LogP contribution in [0.15, 0.2) is 45.3 Å². The summed E-state index contributed by atoms with van der Waals surface area (Å²) in [6, 6.07) is 11.1. The van der Waals surface area contributed by atoms with Gasteiger partial charge in [0.1, 0.15) is 5.75 Å². The van der Waals surface area contributed by atoms with Crippen LogP contribution in [0, 0.1) is 0 Å². The Kier molecular flexibility index (Phi) is 4.90. The second-order valence-corrected chi connectivity index (χ2v) is 6.18. The molecule has 1 unspecified atom stereocenters. The molecule has 0 saturated carbocycles. The van der Waals surface area contributed by atoms with Crippen LogP contribution in [0.5, 0.6) is 5.75 Å². The Morgan fingerprint density at radius 1 is 1.05 bits per heavy atom. The average molecular weight is 406 g/mol. The fourth-order valence-corrected chi connectivity index (χ4v) is 3.34. The van der Waals surface area contributed by atoms with E-state index in [-0.39, 0.29) is 6.04 Å². The molecule has 2 nitrogen and oxygen atoms in total. The van der Waals surface area contributed by atoms with E-state index in [0.717, 1.165) is 25.8 Å². The van der Waals surface area contributed by atoms with Gasteiger partial charge in [0.15, 0.2) is 0 Å². The van der Waals surface area contributed by atoms with Crippen molar-refractivity contribution in [3.05, 3.63) is 61.5 Å². The van der Waals surface area contributed by atoms with Crippen molar-refractivity contribution in [3.8, 4) is 5.75 Å². The molecule has 2 aromatic carbocycles. The van der Waals surface area contributed by atoms with Gasteiger partial charge < -0.3 is 10.5 Å². The lowest BCUT2D eigenvalue weighted by Gasteiger charge is -2.17. The minimum atomic E-state index is -0.244. The Hall–Kier alpha value is -0.550. The van der Waals surface area contributed by atoms with Gasteiger partial charge in [0, 0.05) is 14.0 Å². The first-order valence-corrected chi connectivity index (χ1v) is 7.53. The summed E-state index contributed by atoms with van der Waals surface area (Å²) < 4.78 is 6.99. The predicted octanol–water partition coefficient (Wildman–Crippen LogP) is 4.92. The van der Waals surface area contributed by atoms with E-state index in [1.165, 1.54) is 0 Å². The Balaban J connectivity index is 2.41. The van der Waals surface area contributed by atoms with Crippen molar-refractivity contribution in [2.24, 2.45) is 5.73 Å². The number of halogens is 3. The van der Waals surface area contributed by atoms with E-state index < -0.39 is 0 Å². The van der Waals surface area contributed by atoms with Gasteiger partial charge in [-0.25, -0.2) is 0 Å². The minimum Gasteiger partial charge on any atom is -0.497 e. The van der Waals surface area contributed by atoms with Gasteiger partial charge in [0.05, 0.1) is 13.2 Å². The normalized spacial score (nSPS) is 12.3. The first kappa shape index (κ1) is 14.9. The highest BCUT2D eigenvalue weighted by Crippen LogP contribution is 2.34. The van der Waals surface area contributed by atoms with Crippen LogP contribution in [0.1, 0.15) is 17.2 Å². The summed E-state index contributed by atoms with van der Waals surface area (Å²) >= 11 is 13.0. The highest BCUT2D eigenvalue weighted by Gasteiger charge is 2.15. The third-order valence-corrected chi connectivity index (χ3v) is 4.45. The average Bonchev–Trinajstić information content (AvgIpc) is 2.37. The van der Waals surface area contributed by atoms with Gasteiger partial charge in [-0.2, -0.15) is 0 Å². The van der Waals surface area contributed by atoms with E-state index in [2.05, 4.69) is 31.9 Å². The highest BCUT2D eigenvalue weighted by molar-refractivity contribution is 9.10. The maximum atomic E-state index is 6.32. The molecule has 100 valence electrons. The molecule has 0 aliphatic heterocycles. The standard InChI is InChI=1S/C14H12Br2ClNO/c1-19-9-3-5-11(13(16)7-9)14(18)10-4-2-8(17)6-12(10)15/h2-7,14H,18H2,1H3. The zero-order valence-corrected chi connectivity index (χ0v) is 14.1. The van der Waals surface area contributed by atoms with E-state index in [4.69, 9.17) is 22.1 Å². The van der Waals surface area contributed by atoms with Crippen LogP contribution in [0.25, 0.3) is 0 Å². The third kappa shape index (κ3) is 3.31. The summed E-state index contributed by atoms with van der Waals surface area (Å²) in [5.41, 5.74) is 8.29. The lowest BCUT2D eigenvalue weighted by Crippen LogP contribution is -2.13. The molecule has 0 bridgehead atoms. The number of hydrogen-bond acceptors (Lipinski definition) is 2. The quantitative estimate of drug-likeness (QED) is 0.787. The van der Waals surface area contributed by atoms with Gasteiger partial charge in [-0.3, -0.25) is 0 Å². The number of methoxy groups -OCH3 is 1. The van der Waals surface area contributed by atoms with Crippen molar-refractivity contribution in [1.29, 1.82) is 0 Å². The molecule has 1 atom stereocenters. The van der Waals surface area contributed by atoms with Crippen LogP contribution < -0.4 is 10.5 Å². The number of nitrogens with two attached hydrogens (primary N) is 1. The van der Waals surface area contributed by atoms with Crippen LogP contribution in [0.2, 0.25) is 5.02 Å². The van der Waals surface area contributed by atoms with Gasteiger partial charge in [-0.05, 0) is 35.4 Å². The van der Waals surface area contributed by atoms with Crippen LogP contribution >= 0.6 is 43.5 Å². The molecule has 0 aliphatic rings. The van der Waals surface area contributed by atoms with E-state index in [1.54, 1.807) is 7.11 Å². The van der Waals surface area contributed by atoms with Crippen molar-refractivity contribution in [2.75, 3.05) is 7.11 Å². The summed E-state index contributed by atoms with van der Waals surface area (Å²) in [6.45, 7) is 0. The minimum absolute atomic E-state index is 0.244. The lowest BCUT2D eigenvalue weighted by atomic mass is 9.99. The van der Waals surface area contributed by atoms with Crippen LogP contribution in [0.3, 0.4) is 0 Å². The first-order valence-electron chi connectivity index (χ1n) is 5.57. The predicted molar refractivity (Wildman–Crippen MR) is 85.9 cm³/mol. The van der Waals surface area contributed by atoms with E-state index in [0.29, 0.717) is 5.02 Å². The maximum absolute atomic E-state index is 6.32. The summed E-state index contributed by atoms with van der Waals surface area (Å²) in [6.07, 6.45) is 0. The molecule has 0 spiro atoms. The molecule has 0 aliphatic carbocycles. The molecule has 0 amide bonds. The number of rotatable bonds is 3. The number of hydrogen-bond donors (Lipinski definition) is 1. The Bertz CT molecular complexity index is 604. The SMILES string of the molecule is COc1ccc(C(N)c2ccc(Cl)cc2Br)c(Br)c1. The summed E-state index contributed by atoms with van der Waals surface area (Å²) in [4.78, 5) is 0. The molecule has 2 aromatic rings. The van der Waals surface area contributed by atoms with E-state index >= 15 is 0 Å². The van der Waals surface area contributed by atoms with Gasteiger partial charge in [-0.15, -0.1) is 0 Å². The molecule has 2 rings (SSSR count). The summed E-state index contributed by atoms with van der Waals surface area (Å²) in [5, 5.41) is 0.677. The molecule has 0 radical (unpaired) electrons. The van der Waals surface area contributed by atoms with Crippen LogP contribution in [-0.2, 0) is 0 Å². The van der Waals surface area contributed by atoms with E-state index in [1.807, 2.05) is 36.4 Å². The maximum Gasteiger partial charge on any atom is 0.120 e. The lowest BCUT2D eigenvalue weighted by molar-refractivity contribution is 0.414. The zero-order valence-electron chi connectivity index (χ0n) is 10.2. The Labute approximate surface area is 134 Å². The second-order valence-electron chi connectivity index (χ2n) is 4.03. The van der Waals surface area contributed by atoms with Crippen LogP contribution in [0.4, 0.5) is 0 Å². The third-order valence-electron chi connectivity index (χ3n) is 2.84. The van der Waals surface area contributed by atoms with Crippen molar-refractivity contribution >= 4 is 43.5 Å². The van der Waals surface area contributed by atoms with Gasteiger partial charge >= 0.3 is 0 Å². The van der Waals surface area contributed by atoms with E-state index in [9.17, 15) is 0 Å². The van der Waals surface area contributed by atoms with Crippen molar-refractivity contribution < 1.29 is 4.74 Å². The van der Waals surface area contributed by atoms with Gasteiger partial charge in [0.25, 0.3) is 0 Å². The van der Waals surface area contributed by atoms with Crippen molar-refractivity contribution in [2.45, 2.75) is 6.04 Å². The molecule has 19 heavy (non-hydrogen) atoms. The van der Waals surface area contributed by atoms with Crippen LogP contribution in [-0.4, -0.2) is 7.11 Å². The fraction of sp³-hybridized carbons (Fsp3) is 0.143. The van der Waals surface area contributed by atoms with Gasteiger partial charge in [0.2, 0.25) is 0 Å². The topological polar surface area (TPSA) is 35.2 Å². The number of ether oxygens (including phenoxy) is 1. The molecule has 0 aromatic heterocycles.